The fourth-order valence-electron chi connectivity index (χ4n) is 2.02. The minimum Gasteiger partial charge on any atom is -0.395 e. The van der Waals surface area contributed by atoms with Gasteiger partial charge in [0.1, 0.15) is 0 Å². The molecule has 96 valence electrons. The summed E-state index contributed by atoms with van der Waals surface area (Å²) in [4.78, 5) is 2.20. The minimum atomic E-state index is 0.201. The van der Waals surface area contributed by atoms with Crippen LogP contribution in [0.2, 0.25) is 0 Å². The van der Waals surface area contributed by atoms with Crippen LogP contribution >= 0.6 is 0 Å². The summed E-state index contributed by atoms with van der Waals surface area (Å²) in [5, 5.41) is 12.4. The fourth-order valence-corrected chi connectivity index (χ4v) is 2.02. The average Bonchev–Trinajstić information content (AvgIpc) is 2.34. The highest BCUT2D eigenvalue weighted by molar-refractivity contribution is 5.54. The molecular weight excluding hydrogens is 212 g/mol. The predicted octanol–water partition coefficient (Wildman–Crippen LogP) is 1.92. The van der Waals surface area contributed by atoms with E-state index in [0.29, 0.717) is 6.54 Å². The summed E-state index contributed by atoms with van der Waals surface area (Å²) < 4.78 is 0. The molecule has 0 aliphatic carbocycles. The van der Waals surface area contributed by atoms with E-state index in [1.807, 2.05) is 0 Å². The lowest BCUT2D eigenvalue weighted by Crippen LogP contribution is -2.26. The Morgan fingerprint density at radius 1 is 1.29 bits per heavy atom. The van der Waals surface area contributed by atoms with Gasteiger partial charge in [-0.1, -0.05) is 19.1 Å². The number of hydrogen-bond acceptors (Lipinski definition) is 3. The van der Waals surface area contributed by atoms with Crippen LogP contribution < -0.4 is 10.2 Å². The van der Waals surface area contributed by atoms with Crippen LogP contribution in [0.5, 0.6) is 0 Å². The second kappa shape index (κ2) is 7.30. The van der Waals surface area contributed by atoms with E-state index < -0.39 is 0 Å². The molecule has 0 fully saturated rings. The molecule has 1 aromatic rings. The van der Waals surface area contributed by atoms with Crippen LogP contribution in [-0.4, -0.2) is 31.3 Å². The van der Waals surface area contributed by atoms with Crippen LogP contribution in [-0.2, 0) is 6.54 Å². The summed E-state index contributed by atoms with van der Waals surface area (Å²) in [6.45, 7) is 10.1. The van der Waals surface area contributed by atoms with Gasteiger partial charge in [0, 0.05) is 25.3 Å². The number of likely N-dealkylation sites (N-methyl/N-ethyl adjacent to an activating group) is 1. The van der Waals surface area contributed by atoms with Crippen molar-refractivity contribution in [3.05, 3.63) is 29.3 Å². The van der Waals surface area contributed by atoms with E-state index in [4.69, 9.17) is 5.11 Å². The molecule has 0 aliphatic heterocycles. The molecule has 0 bridgehead atoms. The highest BCUT2D eigenvalue weighted by Gasteiger charge is 2.07. The molecule has 0 aromatic heterocycles. The molecule has 0 spiro atoms. The molecule has 0 saturated carbocycles. The van der Waals surface area contributed by atoms with Crippen molar-refractivity contribution in [3.63, 3.8) is 0 Å². The molecule has 0 saturated heterocycles. The maximum absolute atomic E-state index is 9.04. The Morgan fingerprint density at radius 2 is 2.06 bits per heavy atom. The number of rotatable bonds is 7. The molecule has 3 nitrogen and oxygen atoms in total. The van der Waals surface area contributed by atoms with Crippen molar-refractivity contribution < 1.29 is 5.11 Å². The number of anilines is 1. The molecule has 3 heteroatoms. The van der Waals surface area contributed by atoms with Crippen LogP contribution in [0.1, 0.15) is 25.0 Å². The third-order valence-electron chi connectivity index (χ3n) is 2.93. The molecule has 1 aromatic carbocycles. The minimum absolute atomic E-state index is 0.201. The second-order valence-corrected chi connectivity index (χ2v) is 4.20. The fraction of sp³-hybridized carbons (Fsp3) is 0.571. The van der Waals surface area contributed by atoms with Gasteiger partial charge in [-0.15, -0.1) is 0 Å². The van der Waals surface area contributed by atoms with Gasteiger partial charge in [-0.2, -0.15) is 0 Å². The van der Waals surface area contributed by atoms with Crippen molar-refractivity contribution in [2.24, 2.45) is 0 Å². The van der Waals surface area contributed by atoms with Crippen molar-refractivity contribution in [2.75, 3.05) is 31.1 Å². The molecule has 1 rings (SSSR count). The lowest BCUT2D eigenvalue weighted by Gasteiger charge is -2.24. The van der Waals surface area contributed by atoms with E-state index in [-0.39, 0.29) is 6.61 Å². The van der Waals surface area contributed by atoms with E-state index in [9.17, 15) is 0 Å². The highest BCUT2D eigenvalue weighted by Crippen LogP contribution is 2.21. The Morgan fingerprint density at radius 3 is 2.59 bits per heavy atom. The highest BCUT2D eigenvalue weighted by atomic mass is 16.3. The summed E-state index contributed by atoms with van der Waals surface area (Å²) >= 11 is 0. The first-order chi connectivity index (χ1) is 8.22. The van der Waals surface area contributed by atoms with E-state index >= 15 is 0 Å². The van der Waals surface area contributed by atoms with E-state index in [1.165, 1.54) is 16.8 Å². The Bertz CT molecular complexity index is 339. The Hall–Kier alpha value is -1.06. The number of aliphatic hydroxyl groups is 1. The van der Waals surface area contributed by atoms with Crippen molar-refractivity contribution >= 4 is 5.69 Å². The standard InChI is InChI=1S/C14H24N2O/c1-4-15-11-13-6-7-14(12(3)10-13)16(5-2)8-9-17/h6-7,10,15,17H,4-5,8-9,11H2,1-3H3. The van der Waals surface area contributed by atoms with Gasteiger partial charge in [-0.25, -0.2) is 0 Å². The smallest absolute Gasteiger partial charge is 0.0606 e. The van der Waals surface area contributed by atoms with Crippen LogP contribution in [0.25, 0.3) is 0 Å². The number of benzene rings is 1. The number of aryl methyl sites for hydroxylation is 1. The number of nitrogens with one attached hydrogen (secondary N) is 1. The zero-order valence-corrected chi connectivity index (χ0v) is 11.2. The second-order valence-electron chi connectivity index (χ2n) is 4.20. The summed E-state index contributed by atoms with van der Waals surface area (Å²) in [5.41, 5.74) is 3.81. The van der Waals surface area contributed by atoms with E-state index in [1.54, 1.807) is 0 Å². The topological polar surface area (TPSA) is 35.5 Å². The van der Waals surface area contributed by atoms with Crippen LogP contribution in [0.3, 0.4) is 0 Å². The summed E-state index contributed by atoms with van der Waals surface area (Å²) in [6, 6.07) is 6.53. The Balaban J connectivity index is 2.80. The van der Waals surface area contributed by atoms with Crippen LogP contribution in [0, 0.1) is 6.92 Å². The quantitative estimate of drug-likeness (QED) is 0.759. The normalized spacial score (nSPS) is 10.6. The van der Waals surface area contributed by atoms with Gasteiger partial charge >= 0.3 is 0 Å². The molecule has 0 amide bonds. The van der Waals surface area contributed by atoms with Crippen molar-refractivity contribution in [1.82, 2.24) is 5.32 Å². The summed E-state index contributed by atoms with van der Waals surface area (Å²) in [6.07, 6.45) is 0. The van der Waals surface area contributed by atoms with Crippen molar-refractivity contribution in [1.29, 1.82) is 0 Å². The zero-order valence-electron chi connectivity index (χ0n) is 11.2. The van der Waals surface area contributed by atoms with Gasteiger partial charge in [0.2, 0.25) is 0 Å². The summed E-state index contributed by atoms with van der Waals surface area (Å²) in [7, 11) is 0. The zero-order chi connectivity index (χ0) is 12.7. The first kappa shape index (κ1) is 14.0. The third-order valence-corrected chi connectivity index (χ3v) is 2.93. The molecule has 0 aliphatic rings. The lowest BCUT2D eigenvalue weighted by atomic mass is 10.1. The molecule has 2 N–H and O–H groups in total. The molecule has 0 atom stereocenters. The lowest BCUT2D eigenvalue weighted by molar-refractivity contribution is 0.302. The molecule has 17 heavy (non-hydrogen) atoms. The van der Waals surface area contributed by atoms with Crippen LogP contribution in [0.15, 0.2) is 18.2 Å². The first-order valence-electron chi connectivity index (χ1n) is 6.39. The Kier molecular flexibility index (Phi) is 6.01. The van der Waals surface area contributed by atoms with Crippen LogP contribution in [0.4, 0.5) is 5.69 Å². The van der Waals surface area contributed by atoms with Gasteiger partial charge in [0.15, 0.2) is 0 Å². The average molecular weight is 236 g/mol. The molecule has 0 heterocycles. The van der Waals surface area contributed by atoms with Gasteiger partial charge in [0.25, 0.3) is 0 Å². The van der Waals surface area contributed by atoms with Gasteiger partial charge in [0.05, 0.1) is 6.61 Å². The number of aliphatic hydroxyl groups excluding tert-OH is 1. The van der Waals surface area contributed by atoms with Gasteiger partial charge in [-0.3, -0.25) is 0 Å². The third kappa shape index (κ3) is 4.02. The Labute approximate surface area is 104 Å². The summed E-state index contributed by atoms with van der Waals surface area (Å²) in [5.74, 6) is 0. The predicted molar refractivity (Wildman–Crippen MR) is 73.5 cm³/mol. The van der Waals surface area contributed by atoms with Gasteiger partial charge < -0.3 is 15.3 Å². The van der Waals surface area contributed by atoms with E-state index in [0.717, 1.165) is 19.6 Å². The maximum Gasteiger partial charge on any atom is 0.0606 e. The SMILES string of the molecule is CCNCc1ccc(N(CC)CCO)c(C)c1. The number of hydrogen-bond donors (Lipinski definition) is 2. The molecular formula is C14H24N2O. The van der Waals surface area contributed by atoms with Crippen molar-refractivity contribution in [2.45, 2.75) is 27.3 Å². The van der Waals surface area contributed by atoms with Gasteiger partial charge in [-0.05, 0) is 37.6 Å². The monoisotopic (exact) mass is 236 g/mol. The maximum atomic E-state index is 9.04. The largest absolute Gasteiger partial charge is 0.395 e. The van der Waals surface area contributed by atoms with Crippen molar-refractivity contribution in [3.8, 4) is 0 Å². The molecule has 0 radical (unpaired) electrons. The number of nitrogens with zero attached hydrogens (tertiary/aromatic N) is 1. The van der Waals surface area contributed by atoms with E-state index in [2.05, 4.69) is 49.2 Å². The molecule has 0 unspecified atom stereocenters. The first-order valence-corrected chi connectivity index (χ1v) is 6.39.